The summed E-state index contributed by atoms with van der Waals surface area (Å²) in [6, 6.07) is 13.0. The molecular formula is C18H21N. The molecule has 0 amide bonds. The van der Waals surface area contributed by atoms with Crippen molar-refractivity contribution < 1.29 is 0 Å². The highest BCUT2D eigenvalue weighted by molar-refractivity contribution is 6.06. The van der Waals surface area contributed by atoms with Gasteiger partial charge in [0.25, 0.3) is 0 Å². The van der Waals surface area contributed by atoms with E-state index in [9.17, 15) is 0 Å². The molecule has 0 unspecified atom stereocenters. The highest BCUT2D eigenvalue weighted by Gasteiger charge is 2.06. The molecule has 0 aliphatic carbocycles. The van der Waals surface area contributed by atoms with Crippen molar-refractivity contribution in [2.24, 2.45) is 0 Å². The number of benzene rings is 2. The average Bonchev–Trinajstić information content (AvgIpc) is 2.44. The predicted octanol–water partition coefficient (Wildman–Crippen LogP) is 5.34. The molecule has 1 heteroatoms. The molecule has 0 radical (unpaired) electrons. The Morgan fingerprint density at radius 1 is 0.789 bits per heavy atom. The van der Waals surface area contributed by atoms with E-state index >= 15 is 0 Å². The van der Waals surface area contributed by atoms with Crippen molar-refractivity contribution in [2.75, 3.05) is 0 Å². The SMILES string of the molecule is CC.Cc1cc2cc(C)c3ccccc3c2nc1C. The Morgan fingerprint density at radius 3 is 2.05 bits per heavy atom. The molecule has 2 aromatic carbocycles. The van der Waals surface area contributed by atoms with Gasteiger partial charge in [-0.3, -0.25) is 4.98 Å². The number of fused-ring (bicyclic) bond motifs is 3. The maximum atomic E-state index is 4.74. The molecule has 0 aliphatic rings. The molecule has 0 spiro atoms. The highest BCUT2D eigenvalue weighted by atomic mass is 14.7. The summed E-state index contributed by atoms with van der Waals surface area (Å²) >= 11 is 0. The van der Waals surface area contributed by atoms with Gasteiger partial charge >= 0.3 is 0 Å². The first-order valence-corrected chi connectivity index (χ1v) is 6.93. The monoisotopic (exact) mass is 251 g/mol. The minimum Gasteiger partial charge on any atom is -0.252 e. The fourth-order valence-electron chi connectivity index (χ4n) is 2.40. The number of hydrogen-bond donors (Lipinski definition) is 0. The number of rotatable bonds is 0. The number of nitrogens with zero attached hydrogens (tertiary/aromatic N) is 1. The highest BCUT2D eigenvalue weighted by Crippen LogP contribution is 2.28. The first kappa shape index (κ1) is 13.5. The van der Waals surface area contributed by atoms with E-state index in [1.165, 1.54) is 27.3 Å². The zero-order valence-electron chi connectivity index (χ0n) is 12.4. The molecule has 1 aromatic heterocycles. The van der Waals surface area contributed by atoms with Crippen molar-refractivity contribution in [1.82, 2.24) is 4.98 Å². The van der Waals surface area contributed by atoms with Gasteiger partial charge in [0.2, 0.25) is 0 Å². The van der Waals surface area contributed by atoms with Gasteiger partial charge in [-0.2, -0.15) is 0 Å². The third kappa shape index (κ3) is 2.33. The van der Waals surface area contributed by atoms with E-state index in [1.807, 2.05) is 13.8 Å². The first-order chi connectivity index (χ1) is 9.16. The minimum atomic E-state index is 1.12. The molecule has 0 saturated carbocycles. The first-order valence-electron chi connectivity index (χ1n) is 6.93. The third-order valence-corrected chi connectivity index (χ3v) is 3.47. The molecule has 0 atom stereocenters. The van der Waals surface area contributed by atoms with Crippen LogP contribution in [0.1, 0.15) is 30.7 Å². The molecule has 1 nitrogen and oxygen atoms in total. The lowest BCUT2D eigenvalue weighted by Crippen LogP contribution is -1.91. The van der Waals surface area contributed by atoms with Gasteiger partial charge in [-0.1, -0.05) is 38.1 Å². The maximum Gasteiger partial charge on any atom is 0.0783 e. The molecule has 0 saturated heterocycles. The van der Waals surface area contributed by atoms with Crippen molar-refractivity contribution in [3.8, 4) is 0 Å². The normalized spacial score (nSPS) is 10.4. The molecule has 0 aliphatic heterocycles. The van der Waals surface area contributed by atoms with E-state index < -0.39 is 0 Å². The summed E-state index contributed by atoms with van der Waals surface area (Å²) in [5.41, 5.74) is 4.81. The Balaban J connectivity index is 0.000000637. The van der Waals surface area contributed by atoms with E-state index in [0.29, 0.717) is 0 Å². The molecule has 3 aromatic rings. The lowest BCUT2D eigenvalue weighted by Gasteiger charge is -2.09. The fraction of sp³-hybridized carbons (Fsp3) is 0.278. The molecule has 1 heterocycles. The molecule has 19 heavy (non-hydrogen) atoms. The van der Waals surface area contributed by atoms with Gasteiger partial charge in [-0.25, -0.2) is 0 Å². The average molecular weight is 251 g/mol. The summed E-state index contributed by atoms with van der Waals surface area (Å²) in [7, 11) is 0. The fourth-order valence-corrected chi connectivity index (χ4v) is 2.40. The van der Waals surface area contributed by atoms with Crippen LogP contribution >= 0.6 is 0 Å². The molecule has 98 valence electrons. The van der Waals surface area contributed by atoms with Crippen LogP contribution in [0, 0.1) is 20.8 Å². The van der Waals surface area contributed by atoms with Crippen LogP contribution in [-0.2, 0) is 0 Å². The topological polar surface area (TPSA) is 12.9 Å². The second-order valence-electron chi connectivity index (χ2n) is 4.70. The quantitative estimate of drug-likeness (QED) is 0.491. The van der Waals surface area contributed by atoms with Crippen molar-refractivity contribution in [1.29, 1.82) is 0 Å². The second-order valence-corrected chi connectivity index (χ2v) is 4.70. The van der Waals surface area contributed by atoms with Crippen molar-refractivity contribution in [2.45, 2.75) is 34.6 Å². The Bertz CT molecular complexity index is 726. The Morgan fingerprint density at radius 2 is 1.37 bits per heavy atom. The van der Waals surface area contributed by atoms with Crippen LogP contribution in [0.25, 0.3) is 21.7 Å². The molecular weight excluding hydrogens is 230 g/mol. The lowest BCUT2D eigenvalue weighted by molar-refractivity contribution is 1.20. The maximum absolute atomic E-state index is 4.74. The molecule has 3 rings (SSSR count). The summed E-state index contributed by atoms with van der Waals surface area (Å²) in [6.07, 6.45) is 0. The van der Waals surface area contributed by atoms with Crippen molar-refractivity contribution in [3.05, 3.63) is 53.2 Å². The summed E-state index contributed by atoms with van der Waals surface area (Å²) in [4.78, 5) is 4.74. The zero-order valence-corrected chi connectivity index (χ0v) is 12.4. The Hall–Kier alpha value is -1.89. The predicted molar refractivity (Wildman–Crippen MR) is 84.8 cm³/mol. The van der Waals surface area contributed by atoms with Crippen molar-refractivity contribution >= 4 is 21.7 Å². The van der Waals surface area contributed by atoms with Gasteiger partial charge in [0.15, 0.2) is 0 Å². The zero-order chi connectivity index (χ0) is 14.0. The van der Waals surface area contributed by atoms with Crippen LogP contribution in [0.15, 0.2) is 36.4 Å². The van der Waals surface area contributed by atoms with E-state index in [0.717, 1.165) is 11.2 Å². The summed E-state index contributed by atoms with van der Waals surface area (Å²) in [5, 5.41) is 3.80. The van der Waals surface area contributed by atoms with Crippen LogP contribution in [0.3, 0.4) is 0 Å². The van der Waals surface area contributed by atoms with Crippen LogP contribution in [0.2, 0.25) is 0 Å². The molecule has 0 bridgehead atoms. The third-order valence-electron chi connectivity index (χ3n) is 3.47. The van der Waals surface area contributed by atoms with Gasteiger partial charge in [-0.15, -0.1) is 0 Å². The van der Waals surface area contributed by atoms with E-state index in [4.69, 9.17) is 4.98 Å². The Labute approximate surface area is 115 Å². The smallest absolute Gasteiger partial charge is 0.0783 e. The molecule has 0 N–H and O–H groups in total. The summed E-state index contributed by atoms with van der Waals surface area (Å²) in [5.74, 6) is 0. The standard InChI is InChI=1S/C16H15N.C2H6/c1-10-8-13-9-11(2)14-6-4-5-7-15(14)16(13)17-12(10)3;1-2/h4-9H,1-3H3;1-2H3. The van der Waals surface area contributed by atoms with Crippen molar-refractivity contribution in [3.63, 3.8) is 0 Å². The van der Waals surface area contributed by atoms with Crippen LogP contribution in [0.4, 0.5) is 0 Å². The van der Waals surface area contributed by atoms with Crippen LogP contribution < -0.4 is 0 Å². The number of pyridine rings is 1. The number of hydrogen-bond acceptors (Lipinski definition) is 1. The lowest BCUT2D eigenvalue weighted by atomic mass is 10.00. The van der Waals surface area contributed by atoms with E-state index in [1.54, 1.807) is 0 Å². The minimum absolute atomic E-state index is 1.12. The van der Waals surface area contributed by atoms with E-state index in [2.05, 4.69) is 57.2 Å². The summed E-state index contributed by atoms with van der Waals surface area (Å²) in [6.45, 7) is 10.4. The number of aromatic nitrogens is 1. The largest absolute Gasteiger partial charge is 0.252 e. The Kier molecular flexibility index (Phi) is 3.84. The van der Waals surface area contributed by atoms with Crippen LogP contribution in [0.5, 0.6) is 0 Å². The van der Waals surface area contributed by atoms with Gasteiger partial charge in [0, 0.05) is 16.5 Å². The van der Waals surface area contributed by atoms with Gasteiger partial charge in [0.05, 0.1) is 5.52 Å². The van der Waals surface area contributed by atoms with Gasteiger partial charge < -0.3 is 0 Å². The van der Waals surface area contributed by atoms with Crippen LogP contribution in [-0.4, -0.2) is 4.98 Å². The van der Waals surface area contributed by atoms with Gasteiger partial charge in [-0.05, 0) is 49.4 Å². The number of aryl methyl sites for hydroxylation is 3. The molecule has 0 fully saturated rings. The second kappa shape index (κ2) is 5.40. The van der Waals surface area contributed by atoms with E-state index in [-0.39, 0.29) is 0 Å². The summed E-state index contributed by atoms with van der Waals surface area (Å²) < 4.78 is 0. The van der Waals surface area contributed by atoms with Gasteiger partial charge in [0.1, 0.15) is 0 Å².